The Labute approximate surface area is 124 Å². The van der Waals surface area contributed by atoms with Gasteiger partial charge in [-0.3, -0.25) is 4.90 Å². The highest BCUT2D eigenvalue weighted by molar-refractivity contribution is 8.00. The van der Waals surface area contributed by atoms with E-state index in [1.54, 1.807) is 11.3 Å². The summed E-state index contributed by atoms with van der Waals surface area (Å²) in [6, 6.07) is 0. The van der Waals surface area contributed by atoms with E-state index in [2.05, 4.69) is 35.9 Å². The molecule has 1 saturated heterocycles. The quantitative estimate of drug-likeness (QED) is 0.802. The van der Waals surface area contributed by atoms with Crippen LogP contribution >= 0.6 is 23.1 Å². The van der Waals surface area contributed by atoms with Crippen LogP contribution in [0, 0.1) is 0 Å². The summed E-state index contributed by atoms with van der Waals surface area (Å²) in [5, 5.41) is 4.09. The van der Waals surface area contributed by atoms with Gasteiger partial charge in [0.05, 0.1) is 5.69 Å². The zero-order chi connectivity index (χ0) is 13.7. The third kappa shape index (κ3) is 4.45. The molecule has 5 heteroatoms. The van der Waals surface area contributed by atoms with Crippen molar-refractivity contribution in [2.45, 2.75) is 45.1 Å². The Morgan fingerprint density at radius 3 is 3.11 bits per heavy atom. The Morgan fingerprint density at radius 2 is 2.37 bits per heavy atom. The maximum atomic E-state index is 5.60. The van der Waals surface area contributed by atoms with E-state index >= 15 is 0 Å². The predicted octanol–water partition coefficient (Wildman–Crippen LogP) is 3.57. The lowest BCUT2D eigenvalue weighted by Gasteiger charge is -2.31. The minimum atomic E-state index is 0.129. The van der Waals surface area contributed by atoms with E-state index in [0.29, 0.717) is 0 Å². The summed E-state index contributed by atoms with van der Waals surface area (Å²) in [5.74, 6) is 1.25. The molecule has 0 bridgehead atoms. The summed E-state index contributed by atoms with van der Waals surface area (Å²) in [5.41, 5.74) is 1.20. The van der Waals surface area contributed by atoms with Gasteiger partial charge in [-0.05, 0) is 20.3 Å². The van der Waals surface area contributed by atoms with Crippen LogP contribution in [0.4, 0.5) is 0 Å². The van der Waals surface area contributed by atoms with E-state index in [0.717, 1.165) is 23.4 Å². The molecule has 0 unspecified atom stereocenters. The van der Waals surface area contributed by atoms with Gasteiger partial charge in [-0.1, -0.05) is 6.92 Å². The molecule has 0 N–H and O–H groups in total. The van der Waals surface area contributed by atoms with E-state index in [1.807, 2.05) is 6.92 Å². The van der Waals surface area contributed by atoms with Crippen LogP contribution < -0.4 is 0 Å². The van der Waals surface area contributed by atoms with Gasteiger partial charge < -0.3 is 4.74 Å². The smallest absolute Gasteiger partial charge is 0.122 e. The molecule has 2 rings (SSSR count). The number of hydrogen-bond donors (Lipinski definition) is 0. The maximum absolute atomic E-state index is 5.60. The van der Waals surface area contributed by atoms with Crippen molar-refractivity contribution in [1.29, 1.82) is 0 Å². The molecule has 0 spiro atoms. The Balaban J connectivity index is 1.88. The molecule has 3 nitrogen and oxygen atoms in total. The third-order valence-electron chi connectivity index (χ3n) is 3.40. The first kappa shape index (κ1) is 15.3. The molecule has 0 amide bonds. The van der Waals surface area contributed by atoms with Gasteiger partial charge >= 0.3 is 0 Å². The molecule has 19 heavy (non-hydrogen) atoms. The average molecular weight is 300 g/mol. The summed E-state index contributed by atoms with van der Waals surface area (Å²) in [6.45, 7) is 10.5. The molecule has 1 aliphatic heterocycles. The lowest BCUT2D eigenvalue weighted by molar-refractivity contribution is 0.0760. The number of nitrogens with zero attached hydrogens (tertiary/aromatic N) is 2. The Morgan fingerprint density at radius 1 is 1.53 bits per heavy atom. The number of aromatic nitrogens is 1. The molecule has 0 aliphatic carbocycles. The second-order valence-corrected chi connectivity index (χ2v) is 7.21. The zero-order valence-corrected chi connectivity index (χ0v) is 13.7. The van der Waals surface area contributed by atoms with Crippen LogP contribution in [0.5, 0.6) is 0 Å². The zero-order valence-electron chi connectivity index (χ0n) is 12.1. The van der Waals surface area contributed by atoms with E-state index < -0.39 is 0 Å². The molecule has 1 fully saturated rings. The second-order valence-electron chi connectivity index (χ2n) is 4.91. The molecular weight excluding hydrogens is 276 g/mol. The molecule has 2 atom stereocenters. The van der Waals surface area contributed by atoms with Crippen molar-refractivity contribution in [2.75, 3.05) is 25.4 Å². The first-order valence-electron chi connectivity index (χ1n) is 7.12. The first-order chi connectivity index (χ1) is 9.22. The van der Waals surface area contributed by atoms with Crippen molar-refractivity contribution in [3.8, 4) is 0 Å². The highest BCUT2D eigenvalue weighted by atomic mass is 32.2. The Hall–Kier alpha value is -0.100. The van der Waals surface area contributed by atoms with Crippen LogP contribution in [-0.2, 0) is 11.3 Å². The summed E-state index contributed by atoms with van der Waals surface area (Å²) < 4.78 is 5.60. The molecule has 1 aliphatic rings. The van der Waals surface area contributed by atoms with Gasteiger partial charge in [-0.15, -0.1) is 11.3 Å². The maximum Gasteiger partial charge on any atom is 0.122 e. The molecule has 1 aromatic heterocycles. The van der Waals surface area contributed by atoms with Crippen molar-refractivity contribution in [3.63, 3.8) is 0 Å². The van der Waals surface area contributed by atoms with Crippen LogP contribution in [0.2, 0.25) is 0 Å². The van der Waals surface area contributed by atoms with Crippen molar-refractivity contribution in [2.24, 2.45) is 0 Å². The van der Waals surface area contributed by atoms with Crippen molar-refractivity contribution >= 4 is 23.1 Å². The summed E-state index contributed by atoms with van der Waals surface area (Å²) in [4.78, 5) is 7.26. The van der Waals surface area contributed by atoms with E-state index in [4.69, 9.17) is 9.72 Å². The number of hydrogen-bond acceptors (Lipinski definition) is 5. The largest absolute Gasteiger partial charge is 0.372 e. The van der Waals surface area contributed by atoms with Crippen LogP contribution in [0.25, 0.3) is 0 Å². The van der Waals surface area contributed by atoms with Gasteiger partial charge in [0.25, 0.3) is 0 Å². The van der Waals surface area contributed by atoms with E-state index in [-0.39, 0.29) is 6.10 Å². The Kier molecular flexibility index (Phi) is 6.13. The van der Waals surface area contributed by atoms with Crippen LogP contribution in [-0.4, -0.2) is 40.6 Å². The van der Waals surface area contributed by atoms with E-state index in [1.165, 1.54) is 31.0 Å². The fourth-order valence-corrected chi connectivity index (χ4v) is 4.37. The van der Waals surface area contributed by atoms with Gasteiger partial charge in [0.1, 0.15) is 11.1 Å². The number of rotatable bonds is 6. The molecular formula is C14H24N2OS2. The first-order valence-corrected chi connectivity index (χ1v) is 9.05. The van der Waals surface area contributed by atoms with Crippen LogP contribution in [0.15, 0.2) is 5.38 Å². The summed E-state index contributed by atoms with van der Waals surface area (Å²) in [6.07, 6.45) is 1.40. The van der Waals surface area contributed by atoms with Crippen LogP contribution in [0.1, 0.15) is 44.0 Å². The average Bonchev–Trinajstić information content (AvgIpc) is 2.88. The Bertz CT molecular complexity index is 383. The molecule has 108 valence electrons. The number of thiazole rings is 1. The molecule has 0 aromatic carbocycles. The normalized spacial score (nSPS) is 22.6. The molecule has 1 aromatic rings. The monoisotopic (exact) mass is 300 g/mol. The highest BCUT2D eigenvalue weighted by Crippen LogP contribution is 2.25. The standard InChI is InChI=1S/C14H24N2OS2/c1-4-13-9-16(6-7-18-13)8-12-10-19-14(15-12)11(3)17-5-2/h10-11,13H,4-9H2,1-3H3/t11-,13-/m1/s1. The van der Waals surface area contributed by atoms with Gasteiger partial charge in [-0.25, -0.2) is 4.98 Å². The summed E-state index contributed by atoms with van der Waals surface area (Å²) >= 11 is 3.84. The van der Waals surface area contributed by atoms with Crippen molar-refractivity contribution < 1.29 is 4.74 Å². The fraction of sp³-hybridized carbons (Fsp3) is 0.786. The second kappa shape index (κ2) is 7.62. The van der Waals surface area contributed by atoms with Gasteiger partial charge in [0.2, 0.25) is 0 Å². The third-order valence-corrected chi connectivity index (χ3v) is 5.82. The summed E-state index contributed by atoms with van der Waals surface area (Å²) in [7, 11) is 0. The molecule has 0 saturated carbocycles. The lowest BCUT2D eigenvalue weighted by Crippen LogP contribution is -2.37. The van der Waals surface area contributed by atoms with Gasteiger partial charge in [-0.2, -0.15) is 11.8 Å². The number of ether oxygens (including phenoxy) is 1. The fourth-order valence-electron chi connectivity index (χ4n) is 2.30. The molecule has 0 radical (unpaired) electrons. The lowest BCUT2D eigenvalue weighted by atomic mass is 10.3. The van der Waals surface area contributed by atoms with Crippen LogP contribution in [0.3, 0.4) is 0 Å². The van der Waals surface area contributed by atoms with Gasteiger partial charge in [0.15, 0.2) is 0 Å². The van der Waals surface area contributed by atoms with Gasteiger partial charge in [0, 0.05) is 42.6 Å². The topological polar surface area (TPSA) is 25.4 Å². The predicted molar refractivity (Wildman–Crippen MR) is 84.0 cm³/mol. The minimum Gasteiger partial charge on any atom is -0.372 e. The SMILES string of the molecule is CCO[C@H](C)c1nc(CN2CCS[C@H](CC)C2)cs1. The van der Waals surface area contributed by atoms with Crippen molar-refractivity contribution in [1.82, 2.24) is 9.88 Å². The van der Waals surface area contributed by atoms with E-state index in [9.17, 15) is 0 Å². The highest BCUT2D eigenvalue weighted by Gasteiger charge is 2.20. The molecule has 2 heterocycles. The number of thioether (sulfide) groups is 1. The van der Waals surface area contributed by atoms with Crippen molar-refractivity contribution in [3.05, 3.63) is 16.1 Å². The minimum absolute atomic E-state index is 0.129.